The number of benzene rings is 1. The smallest absolute Gasteiger partial charge is 0.315 e. The Morgan fingerprint density at radius 2 is 1.89 bits per heavy atom. The number of anilines is 1. The molecule has 0 aromatic heterocycles. The van der Waals surface area contributed by atoms with E-state index in [2.05, 4.69) is 16.0 Å². The quantitative estimate of drug-likeness (QED) is 0.628. The van der Waals surface area contributed by atoms with Gasteiger partial charge in [-0.3, -0.25) is 9.59 Å². The first kappa shape index (κ1) is 20.9. The van der Waals surface area contributed by atoms with E-state index in [1.54, 1.807) is 38.1 Å². The summed E-state index contributed by atoms with van der Waals surface area (Å²) in [5, 5.41) is 7.91. The Labute approximate surface area is 159 Å². The normalized spacial score (nSPS) is 19.3. The zero-order valence-electron chi connectivity index (χ0n) is 15.6. The zero-order chi connectivity index (χ0) is 20.2. The number of ketones is 1. The van der Waals surface area contributed by atoms with Crippen molar-refractivity contribution in [3.63, 3.8) is 0 Å². The van der Waals surface area contributed by atoms with Gasteiger partial charge in [-0.25, -0.2) is 13.2 Å². The number of sulfone groups is 1. The van der Waals surface area contributed by atoms with E-state index in [1.165, 1.54) is 6.92 Å². The maximum absolute atomic E-state index is 12.6. The summed E-state index contributed by atoms with van der Waals surface area (Å²) in [5.41, 5.74) is 0.935. The van der Waals surface area contributed by atoms with Crippen molar-refractivity contribution in [2.24, 2.45) is 5.92 Å². The standard InChI is InChI=1S/C18H25N3O5S/c1-11(2)16(21-18(24)20-15-7-8-27(25,26)10-15)17(23)19-14-6-4-5-13(9-14)12(3)22/h4-6,9,11,15-16H,7-8,10H2,1-3H3,(H,19,23)(H2,20,21,24)/t15-,16-/m0/s1. The highest BCUT2D eigenvalue weighted by Crippen LogP contribution is 2.14. The summed E-state index contributed by atoms with van der Waals surface area (Å²) in [6, 6.07) is 4.70. The van der Waals surface area contributed by atoms with Gasteiger partial charge < -0.3 is 16.0 Å². The monoisotopic (exact) mass is 395 g/mol. The van der Waals surface area contributed by atoms with Gasteiger partial charge in [0.1, 0.15) is 6.04 Å². The van der Waals surface area contributed by atoms with Gasteiger partial charge >= 0.3 is 6.03 Å². The van der Waals surface area contributed by atoms with Crippen LogP contribution in [-0.4, -0.2) is 49.7 Å². The number of Topliss-reactive ketones (excluding diaryl/α,β-unsaturated/α-hetero) is 1. The van der Waals surface area contributed by atoms with Gasteiger partial charge in [-0.15, -0.1) is 0 Å². The maximum atomic E-state index is 12.6. The number of hydrogen-bond acceptors (Lipinski definition) is 5. The van der Waals surface area contributed by atoms with E-state index in [-0.39, 0.29) is 23.2 Å². The summed E-state index contributed by atoms with van der Waals surface area (Å²) in [7, 11) is -3.10. The summed E-state index contributed by atoms with van der Waals surface area (Å²) >= 11 is 0. The van der Waals surface area contributed by atoms with E-state index < -0.39 is 33.9 Å². The van der Waals surface area contributed by atoms with Crippen LogP contribution in [0.2, 0.25) is 0 Å². The van der Waals surface area contributed by atoms with Crippen LogP contribution in [0.3, 0.4) is 0 Å². The van der Waals surface area contributed by atoms with Gasteiger partial charge in [0.15, 0.2) is 15.6 Å². The van der Waals surface area contributed by atoms with Gasteiger partial charge in [0.25, 0.3) is 0 Å². The Hall–Kier alpha value is -2.42. The first-order valence-corrected chi connectivity index (χ1v) is 10.6. The van der Waals surface area contributed by atoms with Crippen molar-refractivity contribution in [1.29, 1.82) is 0 Å². The van der Waals surface area contributed by atoms with E-state index in [9.17, 15) is 22.8 Å². The number of nitrogens with one attached hydrogen (secondary N) is 3. The number of carbonyl (C=O) groups is 3. The van der Waals surface area contributed by atoms with Crippen molar-refractivity contribution in [3.05, 3.63) is 29.8 Å². The van der Waals surface area contributed by atoms with Crippen molar-refractivity contribution in [2.75, 3.05) is 16.8 Å². The van der Waals surface area contributed by atoms with Gasteiger partial charge in [0.05, 0.1) is 11.5 Å². The minimum atomic E-state index is -3.10. The molecule has 2 atom stereocenters. The molecule has 0 saturated carbocycles. The number of amides is 3. The van der Waals surface area contributed by atoms with Crippen LogP contribution in [-0.2, 0) is 14.6 Å². The van der Waals surface area contributed by atoms with Crippen LogP contribution in [0.4, 0.5) is 10.5 Å². The molecular weight excluding hydrogens is 370 g/mol. The fourth-order valence-electron chi connectivity index (χ4n) is 2.85. The molecule has 0 aliphatic carbocycles. The summed E-state index contributed by atoms with van der Waals surface area (Å²) < 4.78 is 23.0. The molecule has 3 N–H and O–H groups in total. The van der Waals surface area contributed by atoms with Crippen molar-refractivity contribution < 1.29 is 22.8 Å². The van der Waals surface area contributed by atoms with Gasteiger partial charge in [0, 0.05) is 17.3 Å². The molecule has 1 aliphatic heterocycles. The van der Waals surface area contributed by atoms with Crippen LogP contribution in [0, 0.1) is 5.92 Å². The molecule has 148 valence electrons. The van der Waals surface area contributed by atoms with Crippen molar-refractivity contribution in [1.82, 2.24) is 10.6 Å². The van der Waals surface area contributed by atoms with Gasteiger partial charge in [-0.2, -0.15) is 0 Å². The maximum Gasteiger partial charge on any atom is 0.315 e. The molecule has 1 aromatic carbocycles. The first-order valence-electron chi connectivity index (χ1n) is 8.76. The molecule has 0 unspecified atom stereocenters. The Morgan fingerprint density at radius 3 is 2.44 bits per heavy atom. The highest BCUT2D eigenvalue weighted by Gasteiger charge is 2.30. The highest BCUT2D eigenvalue weighted by molar-refractivity contribution is 7.91. The fraction of sp³-hybridized carbons (Fsp3) is 0.500. The zero-order valence-corrected chi connectivity index (χ0v) is 16.4. The Kier molecular flexibility index (Phi) is 6.59. The molecular formula is C18H25N3O5S. The fourth-order valence-corrected chi connectivity index (χ4v) is 4.52. The summed E-state index contributed by atoms with van der Waals surface area (Å²) in [4.78, 5) is 36.2. The molecule has 8 nitrogen and oxygen atoms in total. The Morgan fingerprint density at radius 1 is 1.19 bits per heavy atom. The number of carbonyl (C=O) groups excluding carboxylic acids is 3. The molecule has 1 heterocycles. The van der Waals surface area contributed by atoms with Crippen molar-refractivity contribution in [3.8, 4) is 0 Å². The third-order valence-electron chi connectivity index (χ3n) is 4.34. The van der Waals surface area contributed by atoms with Crippen LogP contribution < -0.4 is 16.0 Å². The van der Waals surface area contributed by atoms with E-state index in [1.807, 2.05) is 0 Å². The van der Waals surface area contributed by atoms with E-state index in [4.69, 9.17) is 0 Å². The largest absolute Gasteiger partial charge is 0.334 e. The van der Waals surface area contributed by atoms with Crippen molar-refractivity contribution in [2.45, 2.75) is 39.3 Å². The lowest BCUT2D eigenvalue weighted by atomic mass is 10.0. The SMILES string of the molecule is CC(=O)c1cccc(NC(=O)[C@@H](NC(=O)N[C@H]2CCS(=O)(=O)C2)C(C)C)c1. The third kappa shape index (κ3) is 6.06. The molecule has 9 heteroatoms. The minimum Gasteiger partial charge on any atom is -0.334 e. The Balaban J connectivity index is 1.99. The number of rotatable bonds is 6. The second-order valence-electron chi connectivity index (χ2n) is 7.07. The van der Waals surface area contributed by atoms with E-state index in [0.29, 0.717) is 17.7 Å². The van der Waals surface area contributed by atoms with Crippen LogP contribution in [0.1, 0.15) is 37.6 Å². The summed E-state index contributed by atoms with van der Waals surface area (Å²) in [6.07, 6.45) is 0.367. The number of hydrogen-bond donors (Lipinski definition) is 3. The number of urea groups is 1. The predicted octanol–water partition coefficient (Wildman–Crippen LogP) is 1.34. The average molecular weight is 395 g/mol. The molecule has 3 amide bonds. The minimum absolute atomic E-state index is 0.0541. The van der Waals surface area contributed by atoms with Crippen molar-refractivity contribution >= 4 is 33.2 Å². The van der Waals surface area contributed by atoms with E-state index >= 15 is 0 Å². The van der Waals surface area contributed by atoms with Crippen LogP contribution in [0.25, 0.3) is 0 Å². The molecule has 2 rings (SSSR count). The van der Waals surface area contributed by atoms with E-state index in [0.717, 1.165) is 0 Å². The second-order valence-corrected chi connectivity index (χ2v) is 9.29. The predicted molar refractivity (Wildman–Crippen MR) is 102 cm³/mol. The van der Waals surface area contributed by atoms with Crippen LogP contribution in [0.5, 0.6) is 0 Å². The molecule has 0 bridgehead atoms. The van der Waals surface area contributed by atoms with Gasteiger partial charge in [-0.05, 0) is 31.4 Å². The van der Waals surface area contributed by atoms with Gasteiger partial charge in [0.2, 0.25) is 5.91 Å². The molecule has 1 saturated heterocycles. The lowest BCUT2D eigenvalue weighted by Crippen LogP contribution is -2.52. The lowest BCUT2D eigenvalue weighted by molar-refractivity contribution is -0.118. The molecule has 1 aromatic rings. The lowest BCUT2D eigenvalue weighted by Gasteiger charge is -2.23. The molecule has 0 spiro atoms. The molecule has 1 aliphatic rings. The van der Waals surface area contributed by atoms with Gasteiger partial charge in [-0.1, -0.05) is 26.0 Å². The summed E-state index contributed by atoms with van der Waals surface area (Å²) in [5.74, 6) is -0.760. The molecule has 27 heavy (non-hydrogen) atoms. The summed E-state index contributed by atoms with van der Waals surface area (Å²) in [6.45, 7) is 5.01. The first-order chi connectivity index (χ1) is 12.6. The van der Waals surface area contributed by atoms with Crippen LogP contribution >= 0.6 is 0 Å². The second kappa shape index (κ2) is 8.51. The molecule has 1 fully saturated rings. The molecule has 0 radical (unpaired) electrons. The Bertz CT molecular complexity index is 835. The average Bonchev–Trinajstić information content (AvgIpc) is 2.91. The third-order valence-corrected chi connectivity index (χ3v) is 6.11. The highest BCUT2D eigenvalue weighted by atomic mass is 32.2. The van der Waals surface area contributed by atoms with Crippen LogP contribution in [0.15, 0.2) is 24.3 Å². The topological polar surface area (TPSA) is 121 Å².